The van der Waals surface area contributed by atoms with Gasteiger partial charge in [0.15, 0.2) is 0 Å². The lowest BCUT2D eigenvalue weighted by Crippen LogP contribution is -2.17. The number of aryl methyl sites for hydroxylation is 2. The lowest BCUT2D eigenvalue weighted by molar-refractivity contribution is -0.385. The first-order chi connectivity index (χ1) is 13.9. The van der Waals surface area contributed by atoms with E-state index in [9.17, 15) is 14.9 Å². The van der Waals surface area contributed by atoms with Crippen LogP contribution >= 0.6 is 11.3 Å². The minimum atomic E-state index is -0.355. The Kier molecular flexibility index (Phi) is 6.23. The topological polar surface area (TPSA) is 94.4 Å². The molecule has 3 aromatic rings. The van der Waals surface area contributed by atoms with Crippen molar-refractivity contribution < 1.29 is 14.5 Å². The lowest BCUT2D eigenvalue weighted by atomic mass is 10.0. The number of ether oxygens (including phenoxy) is 1. The summed E-state index contributed by atoms with van der Waals surface area (Å²) in [6, 6.07) is 10.4. The highest BCUT2D eigenvalue weighted by atomic mass is 32.1. The van der Waals surface area contributed by atoms with Crippen LogP contribution < -0.4 is 10.1 Å². The number of aromatic nitrogens is 1. The van der Waals surface area contributed by atoms with Crippen LogP contribution in [0.4, 0.5) is 5.69 Å². The zero-order chi connectivity index (χ0) is 21.0. The molecule has 0 aliphatic rings. The van der Waals surface area contributed by atoms with E-state index in [-0.39, 0.29) is 16.5 Å². The van der Waals surface area contributed by atoms with Crippen molar-refractivity contribution in [2.75, 3.05) is 7.05 Å². The Labute approximate surface area is 172 Å². The maximum atomic E-state index is 11.6. The van der Waals surface area contributed by atoms with Crippen molar-refractivity contribution in [1.82, 2.24) is 10.3 Å². The van der Waals surface area contributed by atoms with Gasteiger partial charge in [-0.3, -0.25) is 14.9 Å². The molecule has 8 heteroatoms. The molecule has 0 unspecified atom stereocenters. The number of carbonyl (C=O) groups excluding carboxylic acids is 1. The largest absolute Gasteiger partial charge is 0.487 e. The smallest absolute Gasteiger partial charge is 0.272 e. The van der Waals surface area contributed by atoms with Crippen molar-refractivity contribution in [3.8, 4) is 5.75 Å². The highest BCUT2D eigenvalue weighted by Gasteiger charge is 2.14. The maximum absolute atomic E-state index is 11.6. The molecule has 3 rings (SSSR count). The molecule has 0 saturated heterocycles. The third-order valence-corrected chi connectivity index (χ3v) is 5.42. The summed E-state index contributed by atoms with van der Waals surface area (Å²) in [7, 11) is 1.59. The molecule has 0 aliphatic carbocycles. The van der Waals surface area contributed by atoms with Gasteiger partial charge in [0.2, 0.25) is 0 Å². The number of nitro benzene ring substituents is 1. The number of amides is 1. The van der Waals surface area contributed by atoms with Crippen molar-refractivity contribution >= 4 is 22.9 Å². The molecule has 1 amide bonds. The SMILES string of the molecule is CNC(=O)c1ccc(OCc2csc(Cc3cc(C)c([N+](=O)[O-])cc3C)n2)cc1. The van der Waals surface area contributed by atoms with E-state index in [2.05, 4.69) is 10.3 Å². The number of carbonyl (C=O) groups is 1. The minimum Gasteiger partial charge on any atom is -0.487 e. The number of nitrogens with one attached hydrogen (secondary N) is 1. The molecule has 0 bridgehead atoms. The van der Waals surface area contributed by atoms with Crippen molar-refractivity contribution in [2.45, 2.75) is 26.9 Å². The predicted molar refractivity (Wildman–Crippen MR) is 112 cm³/mol. The Balaban J connectivity index is 1.63. The van der Waals surface area contributed by atoms with E-state index in [4.69, 9.17) is 4.74 Å². The highest BCUT2D eigenvalue weighted by Crippen LogP contribution is 2.25. The number of rotatable bonds is 7. The average molecular weight is 411 g/mol. The Morgan fingerprint density at radius 1 is 1.21 bits per heavy atom. The average Bonchev–Trinajstić information content (AvgIpc) is 3.16. The Morgan fingerprint density at radius 3 is 2.59 bits per heavy atom. The van der Waals surface area contributed by atoms with Crippen LogP contribution in [0.25, 0.3) is 0 Å². The van der Waals surface area contributed by atoms with Gasteiger partial charge in [-0.05, 0) is 55.3 Å². The van der Waals surface area contributed by atoms with Crippen LogP contribution in [0.15, 0.2) is 41.8 Å². The normalized spacial score (nSPS) is 10.6. The van der Waals surface area contributed by atoms with E-state index in [0.29, 0.717) is 29.9 Å². The van der Waals surface area contributed by atoms with Crippen molar-refractivity contribution in [3.63, 3.8) is 0 Å². The number of hydrogen-bond acceptors (Lipinski definition) is 6. The molecule has 29 heavy (non-hydrogen) atoms. The second-order valence-corrected chi connectivity index (χ2v) is 7.57. The monoisotopic (exact) mass is 411 g/mol. The first-order valence-electron chi connectivity index (χ1n) is 9.00. The van der Waals surface area contributed by atoms with Gasteiger partial charge >= 0.3 is 0 Å². The van der Waals surface area contributed by atoms with E-state index < -0.39 is 0 Å². The lowest BCUT2D eigenvalue weighted by Gasteiger charge is -2.07. The number of benzene rings is 2. The first-order valence-corrected chi connectivity index (χ1v) is 9.88. The number of nitrogens with zero attached hydrogens (tertiary/aromatic N) is 2. The molecule has 1 aromatic heterocycles. The summed E-state index contributed by atoms with van der Waals surface area (Å²) in [6.07, 6.45) is 0.621. The molecule has 0 fully saturated rings. The number of nitro groups is 1. The Morgan fingerprint density at radius 2 is 1.93 bits per heavy atom. The van der Waals surface area contributed by atoms with Gasteiger partial charge in [0.1, 0.15) is 12.4 Å². The van der Waals surface area contributed by atoms with Gasteiger partial charge in [-0.2, -0.15) is 0 Å². The molecule has 0 radical (unpaired) electrons. The second-order valence-electron chi connectivity index (χ2n) is 6.62. The van der Waals surface area contributed by atoms with E-state index in [1.807, 2.05) is 18.4 Å². The number of hydrogen-bond donors (Lipinski definition) is 1. The van der Waals surface area contributed by atoms with Gasteiger partial charge in [-0.1, -0.05) is 0 Å². The summed E-state index contributed by atoms with van der Waals surface area (Å²) in [5.74, 6) is 0.520. The van der Waals surface area contributed by atoms with E-state index >= 15 is 0 Å². The van der Waals surface area contributed by atoms with Crippen LogP contribution in [0.2, 0.25) is 0 Å². The molecule has 1 heterocycles. The molecule has 0 saturated carbocycles. The zero-order valence-electron chi connectivity index (χ0n) is 16.4. The summed E-state index contributed by atoms with van der Waals surface area (Å²) in [5, 5.41) is 16.5. The van der Waals surface area contributed by atoms with Gasteiger partial charge in [-0.15, -0.1) is 11.3 Å². The third kappa shape index (κ3) is 4.97. The van der Waals surface area contributed by atoms with Gasteiger partial charge in [0, 0.05) is 36.0 Å². The summed E-state index contributed by atoms with van der Waals surface area (Å²) >= 11 is 1.54. The summed E-state index contributed by atoms with van der Waals surface area (Å²) in [5.41, 5.74) is 4.09. The van der Waals surface area contributed by atoms with Gasteiger partial charge < -0.3 is 10.1 Å². The minimum absolute atomic E-state index is 0.141. The van der Waals surface area contributed by atoms with Gasteiger partial charge in [-0.25, -0.2) is 4.98 Å². The molecule has 2 aromatic carbocycles. The van der Waals surface area contributed by atoms with Gasteiger partial charge in [0.05, 0.1) is 15.6 Å². The van der Waals surface area contributed by atoms with Crippen molar-refractivity contribution in [1.29, 1.82) is 0 Å². The quantitative estimate of drug-likeness (QED) is 0.464. The molecule has 150 valence electrons. The van der Waals surface area contributed by atoms with Gasteiger partial charge in [0.25, 0.3) is 11.6 Å². The Bertz CT molecular complexity index is 1040. The Hall–Kier alpha value is -3.26. The molecule has 0 spiro atoms. The van der Waals surface area contributed by atoms with Crippen LogP contribution in [0.3, 0.4) is 0 Å². The predicted octanol–water partition coefficient (Wildman–Crippen LogP) is 4.20. The fourth-order valence-corrected chi connectivity index (χ4v) is 3.71. The fourth-order valence-electron chi connectivity index (χ4n) is 2.91. The van der Waals surface area contributed by atoms with E-state index in [1.54, 1.807) is 44.3 Å². The molecule has 0 atom stereocenters. The van der Waals surface area contributed by atoms with Crippen LogP contribution in [-0.2, 0) is 13.0 Å². The summed E-state index contributed by atoms with van der Waals surface area (Å²) < 4.78 is 5.75. The van der Waals surface area contributed by atoms with Crippen LogP contribution in [0, 0.1) is 24.0 Å². The van der Waals surface area contributed by atoms with E-state index in [1.165, 1.54) is 11.3 Å². The second kappa shape index (κ2) is 8.83. The molecule has 0 aliphatic heterocycles. The fraction of sp³-hybridized carbons (Fsp3) is 0.238. The molecule has 1 N–H and O–H groups in total. The zero-order valence-corrected chi connectivity index (χ0v) is 17.2. The van der Waals surface area contributed by atoms with E-state index in [0.717, 1.165) is 21.8 Å². The molecular formula is C21H21N3O4S. The third-order valence-electron chi connectivity index (χ3n) is 4.52. The molecular weight excluding hydrogens is 390 g/mol. The summed E-state index contributed by atoms with van der Waals surface area (Å²) in [6.45, 7) is 3.95. The van der Waals surface area contributed by atoms with Crippen LogP contribution in [0.1, 0.15) is 37.7 Å². The van der Waals surface area contributed by atoms with Crippen LogP contribution in [-0.4, -0.2) is 22.9 Å². The standard InChI is InChI=1S/C21H21N3O4S/c1-13-9-19(24(26)27)14(2)8-16(13)10-20-23-17(12-29-20)11-28-18-6-4-15(5-7-18)21(25)22-3/h4-9,12H,10-11H2,1-3H3,(H,22,25). The highest BCUT2D eigenvalue weighted by molar-refractivity contribution is 7.09. The first kappa shape index (κ1) is 20.5. The summed E-state index contributed by atoms with van der Waals surface area (Å²) in [4.78, 5) is 26.9. The van der Waals surface area contributed by atoms with Crippen molar-refractivity contribution in [2.24, 2.45) is 0 Å². The number of thiazole rings is 1. The maximum Gasteiger partial charge on any atom is 0.272 e. The van der Waals surface area contributed by atoms with Crippen molar-refractivity contribution in [3.05, 3.63) is 84.8 Å². The molecule has 7 nitrogen and oxygen atoms in total. The van der Waals surface area contributed by atoms with Crippen LogP contribution in [0.5, 0.6) is 5.75 Å².